The average Bonchev–Trinajstić information content (AvgIpc) is 2.83. The number of halogens is 1. The summed E-state index contributed by atoms with van der Waals surface area (Å²) < 4.78 is 0.874. The lowest BCUT2D eigenvalue weighted by Gasteiger charge is -2.12. The van der Waals surface area contributed by atoms with Gasteiger partial charge in [0.2, 0.25) is 0 Å². The minimum Gasteiger partial charge on any atom is -0.268 e. The fourth-order valence-electron chi connectivity index (χ4n) is 2.30. The molecule has 0 aliphatic carbocycles. The average molecular weight is 419 g/mol. The molecule has 0 spiro atoms. The topological polar surface area (TPSA) is 80.5 Å². The molecule has 0 N–H and O–H groups in total. The third-order valence-corrected chi connectivity index (χ3v) is 4.91. The van der Waals surface area contributed by atoms with Crippen molar-refractivity contribution in [1.82, 2.24) is 4.90 Å². The summed E-state index contributed by atoms with van der Waals surface area (Å²) in [6.07, 6.45) is 1.57. The molecule has 1 heterocycles. The molecule has 0 saturated carbocycles. The molecule has 0 radical (unpaired) electrons. The number of non-ortho nitro benzene ring substituents is 1. The summed E-state index contributed by atoms with van der Waals surface area (Å²) in [5, 5.41) is 10.3. The van der Waals surface area contributed by atoms with E-state index in [1.165, 1.54) is 17.0 Å². The fourth-order valence-corrected chi connectivity index (χ4v) is 3.58. The molecule has 2 amide bonds. The van der Waals surface area contributed by atoms with Crippen LogP contribution < -0.4 is 0 Å². The molecule has 1 aliphatic heterocycles. The maximum atomic E-state index is 12.5. The van der Waals surface area contributed by atoms with E-state index >= 15 is 0 Å². The van der Waals surface area contributed by atoms with Crippen molar-refractivity contribution in [2.75, 3.05) is 0 Å². The standard InChI is InChI=1S/C17H11BrN2O4S/c18-13-3-1-2-12(8-13)10-19-16(21)15(25-17(19)22)9-11-4-6-14(7-5-11)20(23)24/h1-9H,10H2/b15-9+. The maximum absolute atomic E-state index is 12.5. The molecular weight excluding hydrogens is 408 g/mol. The molecular formula is C17H11BrN2O4S. The van der Waals surface area contributed by atoms with Gasteiger partial charge in [-0.1, -0.05) is 28.1 Å². The van der Waals surface area contributed by atoms with Crippen molar-refractivity contribution >= 4 is 50.6 Å². The van der Waals surface area contributed by atoms with Crippen molar-refractivity contribution in [2.24, 2.45) is 0 Å². The maximum Gasteiger partial charge on any atom is 0.293 e. The molecule has 2 aromatic carbocycles. The van der Waals surface area contributed by atoms with E-state index < -0.39 is 4.92 Å². The molecule has 25 heavy (non-hydrogen) atoms. The van der Waals surface area contributed by atoms with Gasteiger partial charge in [-0.25, -0.2) is 0 Å². The van der Waals surface area contributed by atoms with E-state index in [4.69, 9.17) is 0 Å². The first-order chi connectivity index (χ1) is 11.9. The SMILES string of the molecule is O=C1S/C(=C/c2ccc([N+](=O)[O-])cc2)C(=O)N1Cc1cccc(Br)c1. The molecule has 2 aromatic rings. The predicted molar refractivity (Wildman–Crippen MR) is 98.8 cm³/mol. The summed E-state index contributed by atoms with van der Waals surface area (Å²) in [5.74, 6) is -0.367. The van der Waals surface area contributed by atoms with Crippen LogP contribution in [0.25, 0.3) is 6.08 Å². The first kappa shape index (κ1) is 17.4. The number of benzene rings is 2. The van der Waals surface area contributed by atoms with Crippen LogP contribution in [-0.4, -0.2) is 21.0 Å². The number of rotatable bonds is 4. The third-order valence-electron chi connectivity index (χ3n) is 3.50. The van der Waals surface area contributed by atoms with Crippen LogP contribution in [-0.2, 0) is 11.3 Å². The second-order valence-electron chi connectivity index (χ2n) is 5.25. The van der Waals surface area contributed by atoms with Crippen molar-refractivity contribution in [3.05, 3.63) is 79.2 Å². The van der Waals surface area contributed by atoms with Gasteiger partial charge in [-0.05, 0) is 53.2 Å². The van der Waals surface area contributed by atoms with E-state index in [2.05, 4.69) is 15.9 Å². The zero-order valence-corrected chi connectivity index (χ0v) is 15.1. The molecule has 126 valence electrons. The van der Waals surface area contributed by atoms with Crippen molar-refractivity contribution in [3.8, 4) is 0 Å². The summed E-state index contributed by atoms with van der Waals surface area (Å²) in [6.45, 7) is 0.196. The first-order valence-electron chi connectivity index (χ1n) is 7.18. The fraction of sp³-hybridized carbons (Fsp3) is 0.0588. The van der Waals surface area contributed by atoms with Gasteiger partial charge in [0.1, 0.15) is 0 Å². The second-order valence-corrected chi connectivity index (χ2v) is 7.16. The highest BCUT2D eigenvalue weighted by molar-refractivity contribution is 9.10. The smallest absolute Gasteiger partial charge is 0.268 e. The summed E-state index contributed by atoms with van der Waals surface area (Å²) in [7, 11) is 0. The minimum atomic E-state index is -0.490. The summed E-state index contributed by atoms with van der Waals surface area (Å²) in [4.78, 5) is 36.3. The molecule has 0 atom stereocenters. The summed E-state index contributed by atoms with van der Waals surface area (Å²) in [5.41, 5.74) is 1.44. The van der Waals surface area contributed by atoms with E-state index in [0.717, 1.165) is 21.8 Å². The van der Waals surface area contributed by atoms with Gasteiger partial charge in [0, 0.05) is 16.6 Å². The molecule has 1 fully saturated rings. The Balaban J connectivity index is 1.79. The van der Waals surface area contributed by atoms with Crippen LogP contribution in [0.3, 0.4) is 0 Å². The third kappa shape index (κ3) is 3.97. The Labute approximate surface area is 155 Å². The number of nitro groups is 1. The zero-order valence-electron chi connectivity index (χ0n) is 12.7. The zero-order chi connectivity index (χ0) is 18.0. The van der Waals surface area contributed by atoms with Crippen molar-refractivity contribution < 1.29 is 14.5 Å². The molecule has 0 aromatic heterocycles. The van der Waals surface area contributed by atoms with Crippen molar-refractivity contribution in [3.63, 3.8) is 0 Å². The first-order valence-corrected chi connectivity index (χ1v) is 8.79. The van der Waals surface area contributed by atoms with Gasteiger partial charge in [-0.2, -0.15) is 0 Å². The van der Waals surface area contributed by atoms with E-state index in [-0.39, 0.29) is 23.4 Å². The Hall–Kier alpha value is -2.45. The van der Waals surface area contributed by atoms with Crippen LogP contribution in [0.2, 0.25) is 0 Å². The number of nitro benzene ring substituents is 1. The van der Waals surface area contributed by atoms with Crippen LogP contribution in [0, 0.1) is 10.1 Å². The number of hydrogen-bond acceptors (Lipinski definition) is 5. The van der Waals surface area contributed by atoms with E-state index in [1.54, 1.807) is 18.2 Å². The number of amides is 2. The van der Waals surface area contributed by atoms with Crippen LogP contribution in [0.15, 0.2) is 57.9 Å². The second kappa shape index (κ2) is 7.20. The minimum absolute atomic E-state index is 0.0279. The van der Waals surface area contributed by atoms with Gasteiger partial charge >= 0.3 is 0 Å². The summed E-state index contributed by atoms with van der Waals surface area (Å²) in [6, 6.07) is 13.2. The Morgan fingerprint density at radius 2 is 1.88 bits per heavy atom. The molecule has 1 saturated heterocycles. The van der Waals surface area contributed by atoms with Crippen molar-refractivity contribution in [2.45, 2.75) is 6.54 Å². The number of carbonyl (C=O) groups is 2. The Bertz CT molecular complexity index is 896. The normalized spacial score (nSPS) is 15.9. The van der Waals surface area contributed by atoms with Gasteiger partial charge in [0.15, 0.2) is 0 Å². The number of nitrogens with zero attached hydrogens (tertiary/aromatic N) is 2. The molecule has 6 nitrogen and oxygen atoms in total. The highest BCUT2D eigenvalue weighted by atomic mass is 79.9. The van der Waals surface area contributed by atoms with E-state index in [0.29, 0.717) is 10.5 Å². The largest absolute Gasteiger partial charge is 0.293 e. The van der Waals surface area contributed by atoms with Crippen LogP contribution in [0.5, 0.6) is 0 Å². The van der Waals surface area contributed by atoms with E-state index in [1.807, 2.05) is 24.3 Å². The van der Waals surface area contributed by atoms with Gasteiger partial charge in [-0.3, -0.25) is 24.6 Å². The van der Waals surface area contributed by atoms with Gasteiger partial charge < -0.3 is 0 Å². The van der Waals surface area contributed by atoms with Crippen LogP contribution in [0.4, 0.5) is 10.5 Å². The van der Waals surface area contributed by atoms with Crippen LogP contribution in [0.1, 0.15) is 11.1 Å². The van der Waals surface area contributed by atoms with Gasteiger partial charge in [0.05, 0.1) is 16.4 Å². The summed E-state index contributed by atoms with van der Waals surface area (Å²) >= 11 is 4.22. The van der Waals surface area contributed by atoms with Gasteiger partial charge in [-0.15, -0.1) is 0 Å². The van der Waals surface area contributed by atoms with E-state index in [9.17, 15) is 19.7 Å². The highest BCUT2D eigenvalue weighted by Gasteiger charge is 2.34. The molecule has 8 heteroatoms. The predicted octanol–water partition coefficient (Wildman–Crippen LogP) is 4.59. The number of thioether (sulfide) groups is 1. The molecule has 0 bridgehead atoms. The number of imide groups is 1. The highest BCUT2D eigenvalue weighted by Crippen LogP contribution is 2.33. The lowest BCUT2D eigenvalue weighted by molar-refractivity contribution is -0.384. The van der Waals surface area contributed by atoms with Gasteiger partial charge in [0.25, 0.3) is 16.8 Å². The number of carbonyl (C=O) groups excluding carboxylic acids is 2. The Morgan fingerprint density at radius 1 is 1.16 bits per heavy atom. The lowest BCUT2D eigenvalue weighted by Crippen LogP contribution is -2.27. The Kier molecular flexibility index (Phi) is 5.00. The van der Waals surface area contributed by atoms with Crippen LogP contribution >= 0.6 is 27.7 Å². The molecule has 0 unspecified atom stereocenters. The monoisotopic (exact) mass is 418 g/mol. The Morgan fingerprint density at radius 3 is 2.52 bits per heavy atom. The lowest BCUT2D eigenvalue weighted by atomic mass is 10.2. The van der Waals surface area contributed by atoms with Crippen molar-refractivity contribution in [1.29, 1.82) is 0 Å². The molecule has 1 aliphatic rings. The molecule has 3 rings (SSSR count). The number of hydrogen-bond donors (Lipinski definition) is 0. The quantitative estimate of drug-likeness (QED) is 0.411.